The minimum atomic E-state index is -0.499. The Bertz CT molecular complexity index is 446. The third-order valence-corrected chi connectivity index (χ3v) is 3.82. The van der Waals surface area contributed by atoms with E-state index in [2.05, 4.69) is 5.32 Å². The van der Waals surface area contributed by atoms with Crippen molar-refractivity contribution in [3.05, 3.63) is 15.8 Å². The molecule has 2 rings (SSSR count). The quantitative estimate of drug-likeness (QED) is 0.789. The maximum atomic E-state index is 11.6. The zero-order chi connectivity index (χ0) is 13.1. The number of aryl methyl sites for hydroxylation is 1. The zero-order valence-electron chi connectivity index (χ0n) is 10.2. The van der Waals surface area contributed by atoms with E-state index < -0.39 is 5.97 Å². The van der Waals surface area contributed by atoms with Crippen LogP contribution in [0.5, 0.6) is 0 Å². The summed E-state index contributed by atoms with van der Waals surface area (Å²) in [5, 5.41) is 2.73. The van der Waals surface area contributed by atoms with Crippen molar-refractivity contribution in [3.63, 3.8) is 0 Å². The topological polar surface area (TPSA) is 81.4 Å². The molecule has 0 radical (unpaired) electrons. The highest BCUT2D eigenvalue weighted by atomic mass is 32.1. The summed E-state index contributed by atoms with van der Waals surface area (Å²) < 4.78 is 4.91. The average molecular weight is 268 g/mol. The van der Waals surface area contributed by atoms with Crippen molar-refractivity contribution in [2.45, 2.75) is 19.8 Å². The molecule has 1 fully saturated rings. The highest BCUT2D eigenvalue weighted by molar-refractivity contribution is 7.14. The smallest absolute Gasteiger partial charge is 0.348 e. The van der Waals surface area contributed by atoms with E-state index in [4.69, 9.17) is 10.5 Å². The van der Waals surface area contributed by atoms with Gasteiger partial charge in [0.25, 0.3) is 5.91 Å². The van der Waals surface area contributed by atoms with Crippen LogP contribution >= 0.6 is 11.3 Å². The first-order valence-electron chi connectivity index (χ1n) is 5.86. The van der Waals surface area contributed by atoms with Crippen LogP contribution in [0.4, 0.5) is 5.69 Å². The Morgan fingerprint density at radius 3 is 2.83 bits per heavy atom. The van der Waals surface area contributed by atoms with Crippen molar-refractivity contribution in [1.82, 2.24) is 5.32 Å². The molecule has 98 valence electrons. The first-order chi connectivity index (χ1) is 8.56. The minimum absolute atomic E-state index is 0.234. The van der Waals surface area contributed by atoms with Crippen LogP contribution < -0.4 is 11.1 Å². The molecule has 0 aromatic carbocycles. The number of ether oxygens (including phenoxy) is 1. The van der Waals surface area contributed by atoms with Gasteiger partial charge in [-0.3, -0.25) is 4.79 Å². The van der Waals surface area contributed by atoms with E-state index in [1.165, 1.54) is 24.2 Å². The van der Waals surface area contributed by atoms with E-state index >= 15 is 0 Å². The van der Waals surface area contributed by atoms with Crippen LogP contribution in [-0.4, -0.2) is 25.0 Å². The number of carbonyl (C=O) groups is 2. The summed E-state index contributed by atoms with van der Waals surface area (Å²) in [5.41, 5.74) is 6.22. The van der Waals surface area contributed by atoms with Crippen molar-refractivity contribution in [3.8, 4) is 0 Å². The number of hydrogen-bond donors (Lipinski definition) is 2. The third kappa shape index (κ3) is 3.46. The molecule has 1 amide bonds. The van der Waals surface area contributed by atoms with Gasteiger partial charge in [0.2, 0.25) is 0 Å². The summed E-state index contributed by atoms with van der Waals surface area (Å²) in [7, 11) is 0. The Morgan fingerprint density at radius 1 is 1.56 bits per heavy atom. The Hall–Kier alpha value is -1.56. The van der Waals surface area contributed by atoms with Gasteiger partial charge in [0.1, 0.15) is 4.88 Å². The molecule has 0 spiro atoms. The van der Waals surface area contributed by atoms with Crippen molar-refractivity contribution in [2.24, 2.45) is 5.92 Å². The number of hydrogen-bond acceptors (Lipinski definition) is 5. The molecular formula is C12H16N2O3S. The van der Waals surface area contributed by atoms with E-state index in [1.807, 2.05) is 6.92 Å². The lowest BCUT2D eigenvalue weighted by molar-refractivity contribution is -0.124. The molecule has 18 heavy (non-hydrogen) atoms. The first kappa shape index (κ1) is 12.9. The molecule has 5 nitrogen and oxygen atoms in total. The van der Waals surface area contributed by atoms with Gasteiger partial charge in [-0.1, -0.05) is 0 Å². The summed E-state index contributed by atoms with van der Waals surface area (Å²) >= 11 is 1.27. The lowest BCUT2D eigenvalue weighted by Gasteiger charge is -2.04. The van der Waals surface area contributed by atoms with Gasteiger partial charge < -0.3 is 15.8 Å². The summed E-state index contributed by atoms with van der Waals surface area (Å²) in [4.78, 5) is 24.3. The van der Waals surface area contributed by atoms with Gasteiger partial charge in [0, 0.05) is 17.1 Å². The number of carbonyl (C=O) groups excluding carboxylic acids is 2. The number of rotatable bonds is 5. The largest absolute Gasteiger partial charge is 0.451 e. The van der Waals surface area contributed by atoms with E-state index in [0.29, 0.717) is 23.0 Å². The van der Waals surface area contributed by atoms with Gasteiger partial charge in [-0.15, -0.1) is 11.3 Å². The fourth-order valence-electron chi connectivity index (χ4n) is 1.43. The lowest BCUT2D eigenvalue weighted by atomic mass is 10.4. The minimum Gasteiger partial charge on any atom is -0.451 e. The summed E-state index contributed by atoms with van der Waals surface area (Å²) in [6.45, 7) is 2.28. The van der Waals surface area contributed by atoms with Crippen LogP contribution in [0.15, 0.2) is 6.07 Å². The predicted octanol–water partition coefficient (Wildman–Crippen LogP) is 1.32. The van der Waals surface area contributed by atoms with Crippen molar-refractivity contribution < 1.29 is 14.3 Å². The molecule has 3 N–H and O–H groups in total. The zero-order valence-corrected chi connectivity index (χ0v) is 11.0. The van der Waals surface area contributed by atoms with Crippen molar-refractivity contribution >= 4 is 28.9 Å². The van der Waals surface area contributed by atoms with Crippen LogP contribution in [0.3, 0.4) is 0 Å². The summed E-state index contributed by atoms with van der Waals surface area (Å²) in [6, 6.07) is 1.57. The maximum Gasteiger partial charge on any atom is 0.348 e. The lowest BCUT2D eigenvalue weighted by Crippen LogP contribution is -2.30. The molecule has 1 aromatic rings. The molecule has 0 bridgehead atoms. The molecule has 0 atom stereocenters. The average Bonchev–Trinajstić information content (AvgIpc) is 3.10. The van der Waals surface area contributed by atoms with Gasteiger partial charge >= 0.3 is 5.97 Å². The van der Waals surface area contributed by atoms with E-state index in [0.717, 1.165) is 4.88 Å². The molecule has 6 heteroatoms. The Morgan fingerprint density at radius 2 is 2.28 bits per heavy atom. The monoisotopic (exact) mass is 268 g/mol. The Kier molecular flexibility index (Phi) is 3.86. The standard InChI is InChI=1S/C12H16N2O3S/c1-7-9(13)4-10(18-7)12(16)17-6-11(15)14-5-8-2-3-8/h4,8H,2-3,5-6,13H2,1H3,(H,14,15). The van der Waals surface area contributed by atoms with Crippen LogP contribution in [0.1, 0.15) is 27.4 Å². The van der Waals surface area contributed by atoms with Gasteiger partial charge in [0.05, 0.1) is 0 Å². The van der Waals surface area contributed by atoms with Crippen LogP contribution in [0, 0.1) is 12.8 Å². The molecule has 0 unspecified atom stereocenters. The number of nitrogen functional groups attached to an aromatic ring is 1. The number of thiophene rings is 1. The molecule has 1 heterocycles. The molecular weight excluding hydrogens is 252 g/mol. The molecule has 1 saturated carbocycles. The molecule has 1 aromatic heterocycles. The first-order valence-corrected chi connectivity index (χ1v) is 6.67. The molecule has 1 aliphatic carbocycles. The second kappa shape index (κ2) is 5.39. The fraction of sp³-hybridized carbons (Fsp3) is 0.500. The highest BCUT2D eigenvalue weighted by Gasteiger charge is 2.22. The van der Waals surface area contributed by atoms with Gasteiger partial charge in [-0.25, -0.2) is 4.79 Å². The van der Waals surface area contributed by atoms with Crippen LogP contribution in [-0.2, 0) is 9.53 Å². The Labute approximate surface area is 109 Å². The predicted molar refractivity (Wildman–Crippen MR) is 69.5 cm³/mol. The summed E-state index contributed by atoms with van der Waals surface area (Å²) in [6.07, 6.45) is 2.35. The van der Waals surface area contributed by atoms with Crippen LogP contribution in [0.2, 0.25) is 0 Å². The van der Waals surface area contributed by atoms with Gasteiger partial charge in [0.15, 0.2) is 6.61 Å². The number of nitrogens with one attached hydrogen (secondary N) is 1. The highest BCUT2D eigenvalue weighted by Crippen LogP contribution is 2.27. The van der Waals surface area contributed by atoms with E-state index in [1.54, 1.807) is 6.07 Å². The normalized spacial score (nSPS) is 14.3. The summed E-state index contributed by atoms with van der Waals surface area (Å²) in [5.74, 6) is -0.137. The second-order valence-corrected chi connectivity index (χ2v) is 5.70. The fourth-order valence-corrected chi connectivity index (χ4v) is 2.26. The maximum absolute atomic E-state index is 11.6. The van der Waals surface area contributed by atoms with Crippen molar-refractivity contribution in [1.29, 1.82) is 0 Å². The number of esters is 1. The number of nitrogens with two attached hydrogens (primary N) is 1. The molecule has 1 aliphatic rings. The SMILES string of the molecule is Cc1sc(C(=O)OCC(=O)NCC2CC2)cc1N. The van der Waals surface area contributed by atoms with Crippen LogP contribution in [0.25, 0.3) is 0 Å². The second-order valence-electron chi connectivity index (χ2n) is 4.45. The molecule has 0 saturated heterocycles. The van der Waals surface area contributed by atoms with E-state index in [9.17, 15) is 9.59 Å². The number of anilines is 1. The van der Waals surface area contributed by atoms with Crippen molar-refractivity contribution in [2.75, 3.05) is 18.9 Å². The Balaban J connectivity index is 1.74. The van der Waals surface area contributed by atoms with Gasteiger partial charge in [-0.05, 0) is 31.7 Å². The van der Waals surface area contributed by atoms with E-state index in [-0.39, 0.29) is 12.5 Å². The number of amides is 1. The van der Waals surface area contributed by atoms with Gasteiger partial charge in [-0.2, -0.15) is 0 Å². The third-order valence-electron chi connectivity index (χ3n) is 2.78. The molecule has 0 aliphatic heterocycles.